The maximum Gasteiger partial charge on any atom is 0.228 e. The smallest absolute Gasteiger partial charge is 0.228 e. The summed E-state index contributed by atoms with van der Waals surface area (Å²) in [5.74, 6) is 0.221. The van der Waals surface area contributed by atoms with Gasteiger partial charge in [0.25, 0.3) is 0 Å². The van der Waals surface area contributed by atoms with E-state index in [-0.39, 0.29) is 17.9 Å². The van der Waals surface area contributed by atoms with E-state index < -0.39 is 5.82 Å². The Morgan fingerprint density at radius 1 is 1.23 bits per heavy atom. The number of hydrogen-bond acceptors (Lipinski definition) is 5. The molecule has 2 heterocycles. The quantitative estimate of drug-likeness (QED) is 0.821. The Balaban J connectivity index is 1.32. The van der Waals surface area contributed by atoms with Gasteiger partial charge in [0.15, 0.2) is 0 Å². The van der Waals surface area contributed by atoms with Crippen LogP contribution in [0, 0.1) is 23.1 Å². The third kappa shape index (κ3) is 4.85. The van der Waals surface area contributed by atoms with Crippen molar-refractivity contribution in [2.75, 3.05) is 18.0 Å². The van der Waals surface area contributed by atoms with Crippen molar-refractivity contribution < 1.29 is 9.18 Å². The number of hydrazone groups is 1. The molecule has 1 fully saturated rings. The van der Waals surface area contributed by atoms with Crippen LogP contribution in [0.2, 0.25) is 0 Å². The SMILES string of the molecule is CC1CC(NC(=O)C2CCN(c3ccc(F)cc3C#N)CC2)=NN1Cc1ccccc1. The van der Waals surface area contributed by atoms with Gasteiger partial charge in [0.1, 0.15) is 17.7 Å². The second kappa shape index (κ2) is 9.17. The van der Waals surface area contributed by atoms with Gasteiger partial charge in [-0.3, -0.25) is 9.80 Å². The Kier molecular flexibility index (Phi) is 6.17. The van der Waals surface area contributed by atoms with Crippen LogP contribution in [0.15, 0.2) is 53.6 Å². The van der Waals surface area contributed by atoms with Crippen LogP contribution >= 0.6 is 0 Å². The van der Waals surface area contributed by atoms with E-state index in [0.29, 0.717) is 31.5 Å². The molecule has 2 aliphatic heterocycles. The molecule has 0 aliphatic carbocycles. The monoisotopic (exact) mass is 419 g/mol. The molecule has 2 aromatic rings. The van der Waals surface area contributed by atoms with E-state index in [4.69, 9.17) is 0 Å². The number of nitrogens with zero attached hydrogens (tertiary/aromatic N) is 4. The Hall–Kier alpha value is -3.40. The van der Waals surface area contributed by atoms with Crippen molar-refractivity contribution in [3.05, 3.63) is 65.5 Å². The standard InChI is InChI=1S/C24H26FN5O/c1-17-13-23(28-30(17)16-18-5-3-2-4-6-18)27-24(31)19-9-11-29(12-10-19)22-8-7-21(25)14-20(22)15-26/h2-8,14,17,19H,9-13,16H2,1H3,(H,27,28,31). The van der Waals surface area contributed by atoms with Gasteiger partial charge in [0.05, 0.1) is 23.8 Å². The first-order chi connectivity index (χ1) is 15.0. The van der Waals surface area contributed by atoms with Crippen LogP contribution in [-0.4, -0.2) is 35.9 Å². The normalized spacial score (nSPS) is 19.1. The van der Waals surface area contributed by atoms with Gasteiger partial charge in [-0.1, -0.05) is 30.3 Å². The summed E-state index contributed by atoms with van der Waals surface area (Å²) < 4.78 is 13.4. The van der Waals surface area contributed by atoms with Crippen molar-refractivity contribution in [3.63, 3.8) is 0 Å². The van der Waals surface area contributed by atoms with Gasteiger partial charge in [-0.15, -0.1) is 0 Å². The summed E-state index contributed by atoms with van der Waals surface area (Å²) in [5.41, 5.74) is 2.25. The van der Waals surface area contributed by atoms with Crippen LogP contribution in [0.25, 0.3) is 0 Å². The zero-order valence-electron chi connectivity index (χ0n) is 17.6. The zero-order valence-corrected chi connectivity index (χ0v) is 17.6. The fourth-order valence-corrected chi connectivity index (χ4v) is 4.22. The molecule has 31 heavy (non-hydrogen) atoms. The van der Waals surface area contributed by atoms with Crippen molar-refractivity contribution in [2.45, 2.75) is 38.8 Å². The maximum atomic E-state index is 13.4. The average molecular weight is 420 g/mol. The molecule has 0 radical (unpaired) electrons. The van der Waals surface area contributed by atoms with E-state index >= 15 is 0 Å². The Morgan fingerprint density at radius 3 is 2.68 bits per heavy atom. The highest BCUT2D eigenvalue weighted by Gasteiger charge is 2.29. The van der Waals surface area contributed by atoms with E-state index in [0.717, 1.165) is 24.5 Å². The van der Waals surface area contributed by atoms with Crippen molar-refractivity contribution in [1.29, 1.82) is 5.26 Å². The molecule has 0 bridgehead atoms. The number of carbonyl (C=O) groups excluding carboxylic acids is 1. The molecular formula is C24H26FN5O. The predicted octanol–water partition coefficient (Wildman–Crippen LogP) is 3.64. The zero-order chi connectivity index (χ0) is 21.8. The Bertz CT molecular complexity index is 1010. The third-order valence-corrected chi connectivity index (χ3v) is 5.99. The fourth-order valence-electron chi connectivity index (χ4n) is 4.22. The molecule has 0 saturated carbocycles. The van der Waals surface area contributed by atoms with Gasteiger partial charge in [0, 0.05) is 25.4 Å². The first kappa shape index (κ1) is 20.9. The molecule has 6 nitrogen and oxygen atoms in total. The van der Waals surface area contributed by atoms with Gasteiger partial charge in [-0.05, 0) is 43.5 Å². The summed E-state index contributed by atoms with van der Waals surface area (Å²) in [5, 5.41) is 19.0. The number of amides is 1. The van der Waals surface area contributed by atoms with Gasteiger partial charge < -0.3 is 10.2 Å². The highest BCUT2D eigenvalue weighted by molar-refractivity contribution is 5.99. The number of anilines is 1. The van der Waals surface area contributed by atoms with E-state index in [9.17, 15) is 14.4 Å². The number of hydrogen-bond donors (Lipinski definition) is 1. The summed E-state index contributed by atoms with van der Waals surface area (Å²) in [6.07, 6.45) is 2.09. The number of rotatable bonds is 4. The summed E-state index contributed by atoms with van der Waals surface area (Å²) in [4.78, 5) is 14.9. The van der Waals surface area contributed by atoms with Crippen LogP contribution < -0.4 is 10.2 Å². The molecule has 160 valence electrons. The average Bonchev–Trinajstić information content (AvgIpc) is 3.12. The molecule has 1 saturated heterocycles. The Morgan fingerprint density at radius 2 is 1.97 bits per heavy atom. The molecule has 1 atom stereocenters. The van der Waals surface area contributed by atoms with E-state index in [1.165, 1.54) is 17.7 Å². The van der Waals surface area contributed by atoms with Crippen molar-refractivity contribution in [1.82, 2.24) is 10.3 Å². The maximum absolute atomic E-state index is 13.4. The van der Waals surface area contributed by atoms with Crippen LogP contribution in [0.1, 0.15) is 37.3 Å². The first-order valence-corrected chi connectivity index (χ1v) is 10.7. The number of amidine groups is 1. The molecule has 2 aromatic carbocycles. The lowest BCUT2D eigenvalue weighted by atomic mass is 9.95. The summed E-state index contributed by atoms with van der Waals surface area (Å²) in [6.45, 7) is 4.14. The van der Waals surface area contributed by atoms with Gasteiger partial charge in [-0.2, -0.15) is 10.4 Å². The first-order valence-electron chi connectivity index (χ1n) is 10.7. The fraction of sp³-hybridized carbons (Fsp3) is 0.375. The molecule has 7 heteroatoms. The number of piperidine rings is 1. The van der Waals surface area contributed by atoms with E-state index in [1.54, 1.807) is 6.07 Å². The number of benzene rings is 2. The van der Waals surface area contributed by atoms with Crippen LogP contribution in [0.5, 0.6) is 0 Å². The molecule has 1 unspecified atom stereocenters. The number of carbonyl (C=O) groups is 1. The lowest BCUT2D eigenvalue weighted by Gasteiger charge is -2.33. The molecular weight excluding hydrogens is 393 g/mol. The summed E-state index contributed by atoms with van der Waals surface area (Å²) >= 11 is 0. The minimum absolute atomic E-state index is 0.00627. The molecule has 1 N–H and O–H groups in total. The number of nitriles is 1. The molecule has 4 rings (SSSR count). The minimum atomic E-state index is -0.414. The van der Waals surface area contributed by atoms with Crippen molar-refractivity contribution in [2.24, 2.45) is 11.0 Å². The van der Waals surface area contributed by atoms with Gasteiger partial charge in [0.2, 0.25) is 5.91 Å². The number of halogens is 1. The predicted molar refractivity (Wildman–Crippen MR) is 118 cm³/mol. The topological polar surface area (TPSA) is 71.7 Å². The van der Waals surface area contributed by atoms with Crippen LogP contribution in [0.3, 0.4) is 0 Å². The summed E-state index contributed by atoms with van der Waals surface area (Å²) in [7, 11) is 0. The second-order valence-electron chi connectivity index (χ2n) is 8.21. The molecule has 0 spiro atoms. The molecule has 2 aliphatic rings. The molecule has 0 aromatic heterocycles. The summed E-state index contributed by atoms with van der Waals surface area (Å²) in [6, 6.07) is 16.7. The minimum Gasteiger partial charge on any atom is -0.370 e. The highest BCUT2D eigenvalue weighted by Crippen LogP contribution is 2.27. The third-order valence-electron chi connectivity index (χ3n) is 5.99. The van der Waals surface area contributed by atoms with Gasteiger partial charge >= 0.3 is 0 Å². The van der Waals surface area contributed by atoms with E-state index in [2.05, 4.69) is 40.4 Å². The van der Waals surface area contributed by atoms with Crippen LogP contribution in [-0.2, 0) is 11.3 Å². The largest absolute Gasteiger partial charge is 0.370 e. The number of nitrogens with one attached hydrogen (secondary N) is 1. The lowest BCUT2D eigenvalue weighted by Crippen LogP contribution is -2.42. The van der Waals surface area contributed by atoms with E-state index in [1.807, 2.05) is 23.2 Å². The second-order valence-corrected chi connectivity index (χ2v) is 8.21. The highest BCUT2D eigenvalue weighted by atomic mass is 19.1. The van der Waals surface area contributed by atoms with Crippen molar-refractivity contribution >= 4 is 17.4 Å². The van der Waals surface area contributed by atoms with Gasteiger partial charge in [-0.25, -0.2) is 4.39 Å². The lowest BCUT2D eigenvalue weighted by molar-refractivity contribution is -0.124. The van der Waals surface area contributed by atoms with Crippen molar-refractivity contribution in [3.8, 4) is 6.07 Å². The van der Waals surface area contributed by atoms with Crippen LogP contribution in [0.4, 0.5) is 10.1 Å². The Labute approximate surface area is 182 Å². The molecule has 1 amide bonds.